The minimum absolute atomic E-state index is 0.120. The highest BCUT2D eigenvalue weighted by Gasteiger charge is 2.61. The smallest absolute Gasteiger partial charge is 0.352 e. The summed E-state index contributed by atoms with van der Waals surface area (Å²) in [5, 5.41) is 0.286. The molecule has 0 aromatic heterocycles. The maximum atomic E-state index is 6.52. The molecule has 0 amide bonds. The van der Waals surface area contributed by atoms with E-state index in [0.717, 1.165) is 0 Å². The van der Waals surface area contributed by atoms with E-state index in [9.17, 15) is 0 Å². The molecule has 72 valence electrons. The van der Waals surface area contributed by atoms with Crippen LogP contribution in [0.2, 0.25) is 0 Å². The van der Waals surface area contributed by atoms with Crippen LogP contribution >= 0.6 is 23.8 Å². The number of rotatable bonds is 0. The standard InChI is InChI=1S/C9H11ClO2S/c10-9-4-11-8(13)12-7(9)5-1-2-6(9)3-5/h5-7H,1-4H2/t5-,6+,7-,9?/m0/s1. The Kier molecular flexibility index (Phi) is 1.60. The van der Waals surface area contributed by atoms with Gasteiger partial charge in [0, 0.05) is 12.2 Å². The van der Waals surface area contributed by atoms with E-state index in [1.165, 1.54) is 19.3 Å². The van der Waals surface area contributed by atoms with Gasteiger partial charge in [-0.05, 0) is 31.1 Å². The molecule has 0 N–H and O–H groups in total. The van der Waals surface area contributed by atoms with Crippen molar-refractivity contribution in [3.8, 4) is 0 Å². The van der Waals surface area contributed by atoms with Crippen molar-refractivity contribution in [1.29, 1.82) is 0 Å². The molecule has 1 heterocycles. The predicted octanol–water partition coefficient (Wildman–Crippen LogP) is 2.09. The highest BCUT2D eigenvalue weighted by molar-refractivity contribution is 7.79. The number of alkyl halides is 1. The molecule has 4 atom stereocenters. The first-order valence-corrected chi connectivity index (χ1v) is 5.51. The maximum absolute atomic E-state index is 6.52. The fourth-order valence-corrected chi connectivity index (χ4v) is 3.69. The Balaban J connectivity index is 1.94. The summed E-state index contributed by atoms with van der Waals surface area (Å²) in [5.41, 5.74) is 0. The van der Waals surface area contributed by atoms with E-state index >= 15 is 0 Å². The molecule has 0 aromatic carbocycles. The molecular formula is C9H11ClO2S. The lowest BCUT2D eigenvalue weighted by atomic mass is 9.85. The third-order valence-electron chi connectivity index (χ3n) is 3.69. The Hall–Kier alpha value is -0.0200. The Bertz CT molecular complexity index is 270. The molecule has 1 unspecified atom stereocenters. The normalized spacial score (nSPS) is 52.7. The zero-order valence-electron chi connectivity index (χ0n) is 7.16. The molecule has 2 nitrogen and oxygen atoms in total. The number of ether oxygens (including phenoxy) is 2. The summed E-state index contributed by atoms with van der Waals surface area (Å²) in [6.45, 7) is 0.541. The molecule has 4 heteroatoms. The van der Waals surface area contributed by atoms with Gasteiger partial charge < -0.3 is 9.47 Å². The fourth-order valence-electron chi connectivity index (χ4n) is 3.05. The number of hydrogen-bond donors (Lipinski definition) is 0. The number of fused-ring (bicyclic) bond motifs is 5. The van der Waals surface area contributed by atoms with Crippen LogP contribution in [-0.4, -0.2) is 22.8 Å². The van der Waals surface area contributed by atoms with Crippen LogP contribution in [0.1, 0.15) is 19.3 Å². The van der Waals surface area contributed by atoms with Crippen molar-refractivity contribution in [2.24, 2.45) is 11.8 Å². The third-order valence-corrected chi connectivity index (χ3v) is 4.53. The summed E-state index contributed by atoms with van der Waals surface area (Å²) in [6, 6.07) is 0. The SMILES string of the molecule is S=C1OCC2(Cl)[C@@H]3CC[C@@H](C3)[C@@H]2O1. The first-order chi connectivity index (χ1) is 6.20. The lowest BCUT2D eigenvalue weighted by Crippen LogP contribution is -2.52. The van der Waals surface area contributed by atoms with Gasteiger partial charge in [0.05, 0.1) is 0 Å². The van der Waals surface area contributed by atoms with E-state index in [0.29, 0.717) is 18.4 Å². The van der Waals surface area contributed by atoms with Gasteiger partial charge in [0.2, 0.25) is 0 Å². The number of halogens is 1. The molecule has 2 saturated carbocycles. The van der Waals surface area contributed by atoms with Gasteiger partial charge in [-0.15, -0.1) is 11.6 Å². The quantitative estimate of drug-likeness (QED) is 0.458. The molecule has 3 rings (SSSR count). The van der Waals surface area contributed by atoms with Crippen molar-refractivity contribution in [2.45, 2.75) is 30.2 Å². The van der Waals surface area contributed by atoms with Crippen LogP contribution in [0.4, 0.5) is 0 Å². The first kappa shape index (κ1) is 8.30. The molecule has 0 radical (unpaired) electrons. The average molecular weight is 219 g/mol. The van der Waals surface area contributed by atoms with E-state index in [1.54, 1.807) is 0 Å². The van der Waals surface area contributed by atoms with Crippen molar-refractivity contribution in [1.82, 2.24) is 0 Å². The summed E-state index contributed by atoms with van der Waals surface area (Å²) < 4.78 is 10.7. The van der Waals surface area contributed by atoms with Gasteiger partial charge in [-0.2, -0.15) is 0 Å². The van der Waals surface area contributed by atoms with Crippen molar-refractivity contribution < 1.29 is 9.47 Å². The van der Waals surface area contributed by atoms with Crippen LogP contribution < -0.4 is 0 Å². The Morgan fingerprint density at radius 1 is 1.46 bits per heavy atom. The van der Waals surface area contributed by atoms with Gasteiger partial charge in [0.1, 0.15) is 17.6 Å². The summed E-state index contributed by atoms with van der Waals surface area (Å²) in [4.78, 5) is -0.273. The van der Waals surface area contributed by atoms with E-state index in [4.69, 9.17) is 33.3 Å². The van der Waals surface area contributed by atoms with Gasteiger partial charge in [-0.1, -0.05) is 0 Å². The second-order valence-corrected chi connectivity index (χ2v) is 5.31. The van der Waals surface area contributed by atoms with Crippen molar-refractivity contribution in [3.05, 3.63) is 0 Å². The molecule has 13 heavy (non-hydrogen) atoms. The Morgan fingerprint density at radius 3 is 3.15 bits per heavy atom. The van der Waals surface area contributed by atoms with E-state index < -0.39 is 0 Å². The Labute approximate surface area is 87.5 Å². The molecule has 0 spiro atoms. The van der Waals surface area contributed by atoms with Crippen molar-refractivity contribution in [3.63, 3.8) is 0 Å². The van der Waals surface area contributed by atoms with Gasteiger partial charge in [0.25, 0.3) is 0 Å². The minimum atomic E-state index is -0.273. The van der Waals surface area contributed by atoms with Crippen LogP contribution in [-0.2, 0) is 9.47 Å². The van der Waals surface area contributed by atoms with E-state index in [2.05, 4.69) is 0 Å². The topological polar surface area (TPSA) is 18.5 Å². The monoisotopic (exact) mass is 218 g/mol. The van der Waals surface area contributed by atoms with Crippen LogP contribution in [0.3, 0.4) is 0 Å². The number of hydrogen-bond acceptors (Lipinski definition) is 3. The molecule has 1 aliphatic heterocycles. The zero-order chi connectivity index (χ0) is 9.05. The maximum Gasteiger partial charge on any atom is 0.352 e. The van der Waals surface area contributed by atoms with E-state index in [-0.39, 0.29) is 16.2 Å². The van der Waals surface area contributed by atoms with Crippen molar-refractivity contribution in [2.75, 3.05) is 6.61 Å². The van der Waals surface area contributed by atoms with Gasteiger partial charge in [-0.3, -0.25) is 0 Å². The van der Waals surface area contributed by atoms with Gasteiger partial charge in [-0.25, -0.2) is 0 Å². The lowest BCUT2D eigenvalue weighted by Gasteiger charge is -2.41. The van der Waals surface area contributed by atoms with Crippen LogP contribution in [0.5, 0.6) is 0 Å². The molecule has 0 aromatic rings. The first-order valence-electron chi connectivity index (χ1n) is 4.72. The largest absolute Gasteiger partial charge is 0.455 e. The number of thiocarbonyl (C=S) groups is 1. The molecule has 2 aliphatic carbocycles. The molecule has 3 fully saturated rings. The average Bonchev–Trinajstić information content (AvgIpc) is 2.66. The predicted molar refractivity (Wildman–Crippen MR) is 52.8 cm³/mol. The Morgan fingerprint density at radius 2 is 2.31 bits per heavy atom. The summed E-state index contributed by atoms with van der Waals surface area (Å²) in [6.07, 6.45) is 3.78. The zero-order valence-corrected chi connectivity index (χ0v) is 8.74. The third kappa shape index (κ3) is 0.975. The second kappa shape index (κ2) is 2.51. The molecular weight excluding hydrogens is 208 g/mol. The molecule has 3 aliphatic rings. The highest BCUT2D eigenvalue weighted by atomic mass is 35.5. The summed E-state index contributed by atoms with van der Waals surface area (Å²) in [7, 11) is 0. The van der Waals surface area contributed by atoms with Crippen LogP contribution in [0, 0.1) is 11.8 Å². The lowest BCUT2D eigenvalue weighted by molar-refractivity contribution is -0.0151. The van der Waals surface area contributed by atoms with Gasteiger partial charge >= 0.3 is 5.24 Å². The highest BCUT2D eigenvalue weighted by Crippen LogP contribution is 2.56. The van der Waals surface area contributed by atoms with Crippen molar-refractivity contribution >= 4 is 29.1 Å². The second-order valence-electron chi connectivity index (χ2n) is 4.27. The minimum Gasteiger partial charge on any atom is -0.455 e. The van der Waals surface area contributed by atoms with Gasteiger partial charge in [0.15, 0.2) is 0 Å². The van der Waals surface area contributed by atoms with Crippen LogP contribution in [0.15, 0.2) is 0 Å². The summed E-state index contributed by atoms with van der Waals surface area (Å²) in [5.74, 6) is 1.19. The summed E-state index contributed by atoms with van der Waals surface area (Å²) >= 11 is 11.4. The molecule has 1 saturated heterocycles. The van der Waals surface area contributed by atoms with E-state index in [1.807, 2.05) is 0 Å². The fraction of sp³-hybridized carbons (Fsp3) is 0.889. The molecule has 2 bridgehead atoms. The van der Waals surface area contributed by atoms with Crippen LogP contribution in [0.25, 0.3) is 0 Å².